The molecule has 3 aliphatic rings. The molecule has 224 valence electrons. The van der Waals surface area contributed by atoms with Crippen LogP contribution < -0.4 is 19.7 Å². The van der Waals surface area contributed by atoms with E-state index in [1.807, 2.05) is 4.90 Å². The van der Waals surface area contributed by atoms with Crippen LogP contribution in [-0.2, 0) is 10.0 Å². The largest absolute Gasteiger partial charge is 0.477 e. The van der Waals surface area contributed by atoms with Gasteiger partial charge in [-0.3, -0.25) is 4.79 Å². The van der Waals surface area contributed by atoms with E-state index < -0.39 is 40.7 Å². The molecule has 0 radical (unpaired) electrons. The van der Waals surface area contributed by atoms with Crippen LogP contribution in [0, 0.1) is 11.3 Å². The average Bonchev–Trinajstić information content (AvgIpc) is 3.45. The monoisotopic (exact) mass is 597 g/mol. The van der Waals surface area contributed by atoms with E-state index in [4.69, 9.17) is 15.2 Å². The number of rotatable bonds is 6. The van der Waals surface area contributed by atoms with Gasteiger partial charge >= 0.3 is 0 Å². The van der Waals surface area contributed by atoms with E-state index in [2.05, 4.69) is 34.0 Å². The minimum absolute atomic E-state index is 0.0813. The normalized spacial score (nSPS) is 24.3. The van der Waals surface area contributed by atoms with Crippen LogP contribution in [0.15, 0.2) is 47.6 Å². The van der Waals surface area contributed by atoms with Crippen molar-refractivity contribution < 1.29 is 23.4 Å². The first-order valence-electron chi connectivity index (χ1n) is 16.3. The Hall–Kier alpha value is -3.67. The molecule has 12 heteroatoms. The minimum Gasteiger partial charge on any atom is -0.477 e. The number of carbonyl (C=O) groups excluding carboxylic acids is 1. The Balaban J connectivity index is 1.31. The molecule has 1 atom stereocenters. The summed E-state index contributed by atoms with van der Waals surface area (Å²) < 4.78 is 69.2. The Morgan fingerprint density at radius 2 is 1.98 bits per heavy atom. The predicted molar refractivity (Wildman–Crippen MR) is 160 cm³/mol. The summed E-state index contributed by atoms with van der Waals surface area (Å²) in [4.78, 5) is 24.7. The first kappa shape index (κ1) is 23.8. The maximum atomic E-state index is 13.6. The summed E-state index contributed by atoms with van der Waals surface area (Å²) >= 11 is 0. The van der Waals surface area contributed by atoms with Crippen LogP contribution in [0.1, 0.15) is 81.5 Å². The highest BCUT2D eigenvalue weighted by Crippen LogP contribution is 2.48. The van der Waals surface area contributed by atoms with Crippen molar-refractivity contribution in [2.75, 3.05) is 29.9 Å². The summed E-state index contributed by atoms with van der Waals surface area (Å²) in [7, 11) is -4.30. The van der Waals surface area contributed by atoms with Gasteiger partial charge in [0.2, 0.25) is 5.88 Å². The van der Waals surface area contributed by atoms with Crippen LogP contribution in [0.3, 0.4) is 0 Å². The fraction of sp³-hybridized carbons (Fsp3) is 0.533. The van der Waals surface area contributed by atoms with Crippen molar-refractivity contribution in [1.29, 1.82) is 0 Å². The van der Waals surface area contributed by atoms with Gasteiger partial charge in [0.25, 0.3) is 15.9 Å². The SMILES string of the molecule is [2H]C([2H])(COc1ccn(-c2ccc3c(n2)N2C[C@@H](CCCNc4cccc(n4)S(=O)(=O)NC3=O)CC2(C)C)n1)C([2H])([2H])C1(C)CC1. The van der Waals surface area contributed by atoms with E-state index in [1.165, 1.54) is 22.9 Å². The number of aromatic nitrogens is 4. The maximum absolute atomic E-state index is 13.6. The summed E-state index contributed by atoms with van der Waals surface area (Å²) in [6.07, 6.45) is 1.12. The van der Waals surface area contributed by atoms with Crippen molar-refractivity contribution in [2.45, 2.75) is 76.2 Å². The number of hydrogen-bond acceptors (Lipinski definition) is 9. The topological polar surface area (TPSA) is 131 Å². The van der Waals surface area contributed by atoms with Crippen LogP contribution in [0.25, 0.3) is 5.82 Å². The Morgan fingerprint density at radius 1 is 1.14 bits per heavy atom. The van der Waals surface area contributed by atoms with Crippen LogP contribution in [0.5, 0.6) is 5.88 Å². The summed E-state index contributed by atoms with van der Waals surface area (Å²) in [5, 5.41) is 7.31. The third kappa shape index (κ3) is 6.08. The first-order valence-corrected chi connectivity index (χ1v) is 15.8. The second-order valence-corrected chi connectivity index (χ2v) is 13.8. The van der Waals surface area contributed by atoms with Crippen molar-refractivity contribution in [3.8, 4) is 11.7 Å². The number of sulfonamides is 1. The predicted octanol–water partition coefficient (Wildman–Crippen LogP) is 4.55. The van der Waals surface area contributed by atoms with Gasteiger partial charge in [-0.1, -0.05) is 13.0 Å². The second-order valence-electron chi connectivity index (χ2n) is 12.1. The summed E-state index contributed by atoms with van der Waals surface area (Å²) in [6.45, 7) is 6.61. The molecule has 1 amide bonds. The van der Waals surface area contributed by atoms with E-state index in [-0.39, 0.29) is 22.0 Å². The highest BCUT2D eigenvalue weighted by molar-refractivity contribution is 7.90. The second kappa shape index (κ2) is 10.9. The molecule has 2 aliphatic heterocycles. The molecule has 1 aliphatic carbocycles. The van der Waals surface area contributed by atoms with Gasteiger partial charge in [-0.05, 0) is 94.3 Å². The number of pyridine rings is 2. The molecule has 0 spiro atoms. The fourth-order valence-corrected chi connectivity index (χ4v) is 6.52. The molecule has 3 aromatic heterocycles. The zero-order valence-electron chi connectivity index (χ0n) is 28.1. The van der Waals surface area contributed by atoms with Crippen LogP contribution in [0.4, 0.5) is 11.6 Å². The van der Waals surface area contributed by atoms with E-state index in [0.717, 1.165) is 19.3 Å². The van der Waals surface area contributed by atoms with Gasteiger partial charge in [-0.15, -0.1) is 5.10 Å². The Kier molecular flexibility index (Phi) is 6.17. The van der Waals surface area contributed by atoms with E-state index in [9.17, 15) is 13.2 Å². The highest BCUT2D eigenvalue weighted by atomic mass is 32.2. The van der Waals surface area contributed by atoms with Crippen LogP contribution in [0.2, 0.25) is 0 Å². The lowest BCUT2D eigenvalue weighted by Gasteiger charge is -2.34. The summed E-state index contributed by atoms with van der Waals surface area (Å²) in [5.74, 6) is 0.627. The van der Waals surface area contributed by atoms with E-state index in [0.29, 0.717) is 49.3 Å². The Morgan fingerprint density at radius 3 is 2.79 bits per heavy atom. The number of nitrogens with one attached hydrogen (secondary N) is 2. The Bertz CT molecular complexity index is 1760. The summed E-state index contributed by atoms with van der Waals surface area (Å²) in [5.41, 5.74) is -1.03. The van der Waals surface area contributed by atoms with Gasteiger partial charge < -0.3 is 15.0 Å². The van der Waals surface area contributed by atoms with Gasteiger partial charge in [0.1, 0.15) is 11.6 Å². The van der Waals surface area contributed by atoms with Gasteiger partial charge in [0.05, 0.1) is 12.2 Å². The van der Waals surface area contributed by atoms with Gasteiger partial charge in [0, 0.05) is 36.4 Å². The van der Waals surface area contributed by atoms with Crippen LogP contribution in [-0.4, -0.2) is 59.3 Å². The van der Waals surface area contributed by atoms with E-state index >= 15 is 0 Å². The standard InChI is InChI=1S/C30H39N7O4S/c1-29(2)19-21-7-5-16-31-23-8-4-9-26(32-23)42(39,40)35-28(38)22-10-11-24(33-27(22)36(29)20-21)37-17-12-25(34-37)41-18-6-13-30(3)14-15-30/h4,8-12,17,21H,5-7,13-16,18-20H2,1-3H3,(H,31,32)(H,35,38)/t21-/m0/s1/i6D2,13D2. The highest BCUT2D eigenvalue weighted by Gasteiger charge is 2.41. The Labute approximate surface area is 252 Å². The molecule has 1 saturated carbocycles. The van der Waals surface area contributed by atoms with Crippen LogP contribution >= 0.6 is 0 Å². The number of anilines is 2. The van der Waals surface area contributed by atoms with Crippen molar-refractivity contribution in [3.63, 3.8) is 0 Å². The molecule has 6 rings (SSSR count). The molecule has 2 fully saturated rings. The zero-order chi connectivity index (χ0) is 33.1. The lowest BCUT2D eigenvalue weighted by molar-refractivity contribution is 0.0981. The lowest BCUT2D eigenvalue weighted by Crippen LogP contribution is -2.41. The molecule has 5 heterocycles. The number of nitrogens with zero attached hydrogens (tertiary/aromatic N) is 5. The number of fused-ring (bicyclic) bond motifs is 6. The number of ether oxygens (including phenoxy) is 1. The zero-order valence-corrected chi connectivity index (χ0v) is 24.9. The maximum Gasteiger partial charge on any atom is 0.281 e. The lowest BCUT2D eigenvalue weighted by atomic mass is 9.93. The van der Waals surface area contributed by atoms with Gasteiger partial charge in [-0.2, -0.15) is 8.42 Å². The summed E-state index contributed by atoms with van der Waals surface area (Å²) in [6, 6.07) is 9.19. The molecular formula is C30H39N7O4S. The van der Waals surface area contributed by atoms with Crippen molar-refractivity contribution >= 4 is 27.6 Å². The smallest absolute Gasteiger partial charge is 0.281 e. The quantitative estimate of drug-likeness (QED) is 0.420. The first-order chi connectivity index (χ1) is 21.5. The minimum atomic E-state index is -4.30. The van der Waals surface area contributed by atoms with E-state index in [1.54, 1.807) is 31.3 Å². The average molecular weight is 598 g/mol. The number of hydrogen-bond donors (Lipinski definition) is 2. The number of carbonyl (C=O) groups is 1. The molecule has 1 saturated heterocycles. The molecule has 3 aromatic rings. The molecule has 0 aromatic carbocycles. The molecule has 0 unspecified atom stereocenters. The van der Waals surface area contributed by atoms with Crippen molar-refractivity contribution in [1.82, 2.24) is 24.5 Å². The molecule has 42 heavy (non-hydrogen) atoms. The third-order valence-electron chi connectivity index (χ3n) is 8.12. The van der Waals surface area contributed by atoms with Crippen molar-refractivity contribution in [2.24, 2.45) is 11.3 Å². The van der Waals surface area contributed by atoms with Gasteiger partial charge in [0.15, 0.2) is 10.8 Å². The third-order valence-corrected chi connectivity index (χ3v) is 9.36. The molecular weight excluding hydrogens is 554 g/mol. The van der Waals surface area contributed by atoms with Crippen molar-refractivity contribution in [3.05, 3.63) is 48.2 Å². The number of amides is 1. The molecule has 2 N–H and O–H groups in total. The molecule has 4 bridgehead atoms. The van der Waals surface area contributed by atoms with Gasteiger partial charge in [-0.25, -0.2) is 19.4 Å². The fourth-order valence-electron chi connectivity index (χ4n) is 5.59. The molecule has 11 nitrogen and oxygen atoms in total.